The summed E-state index contributed by atoms with van der Waals surface area (Å²) in [4.78, 5) is 13.4. The second kappa shape index (κ2) is 3.52. The van der Waals surface area contributed by atoms with Crippen molar-refractivity contribution in [1.82, 2.24) is 4.90 Å². The Balaban J connectivity index is 2.14. The van der Waals surface area contributed by atoms with E-state index in [-0.39, 0.29) is 5.78 Å². The van der Waals surface area contributed by atoms with E-state index < -0.39 is 0 Å². The molecule has 0 saturated carbocycles. The predicted octanol–water partition coefficient (Wildman–Crippen LogP) is 2.11. The Morgan fingerprint density at radius 2 is 2.23 bits per heavy atom. The Labute approximate surface area is 79.6 Å². The lowest BCUT2D eigenvalue weighted by Gasteiger charge is -2.33. The second-order valence-corrected chi connectivity index (χ2v) is 4.13. The maximum Gasteiger partial charge on any atom is 0.154 e. The molecular weight excluding hydrogens is 162 g/mol. The average molecular weight is 179 g/mol. The first-order valence-corrected chi connectivity index (χ1v) is 5.25. The highest BCUT2D eigenvalue weighted by atomic mass is 16.1. The fraction of sp³-hybridized carbons (Fsp3) is 0.727. The van der Waals surface area contributed by atoms with Crippen molar-refractivity contribution >= 4 is 5.78 Å². The fourth-order valence-electron chi connectivity index (χ4n) is 2.57. The van der Waals surface area contributed by atoms with Crippen molar-refractivity contribution in [2.75, 3.05) is 6.54 Å². The number of fused-ring (bicyclic) bond motifs is 1. The number of carbonyl (C=O) groups excluding carboxylic acids is 1. The standard InChI is InChI=1S/C11H17NO/c1-9(13)8-11-5-2-4-10-6-3-7-12(10)11/h8,10H,2-7H2,1H3/b11-8+. The number of hydrogen-bond donors (Lipinski definition) is 0. The number of carbonyl (C=O) groups is 1. The summed E-state index contributed by atoms with van der Waals surface area (Å²) in [6.45, 7) is 2.82. The van der Waals surface area contributed by atoms with Crippen LogP contribution < -0.4 is 0 Å². The summed E-state index contributed by atoms with van der Waals surface area (Å²) in [5.41, 5.74) is 1.29. The Morgan fingerprint density at radius 1 is 1.46 bits per heavy atom. The molecule has 0 aliphatic carbocycles. The van der Waals surface area contributed by atoms with Gasteiger partial charge in [0.05, 0.1) is 0 Å². The van der Waals surface area contributed by atoms with E-state index in [1.807, 2.05) is 6.08 Å². The zero-order valence-corrected chi connectivity index (χ0v) is 8.25. The molecule has 1 atom stereocenters. The van der Waals surface area contributed by atoms with E-state index >= 15 is 0 Å². The van der Waals surface area contributed by atoms with Crippen molar-refractivity contribution in [3.8, 4) is 0 Å². The summed E-state index contributed by atoms with van der Waals surface area (Å²) in [6, 6.07) is 0.749. The summed E-state index contributed by atoms with van der Waals surface area (Å²) in [5, 5.41) is 0. The first kappa shape index (κ1) is 8.79. The monoisotopic (exact) mass is 179 g/mol. The molecule has 0 spiro atoms. The molecule has 0 aromatic heterocycles. The number of ketones is 1. The molecule has 2 fully saturated rings. The Kier molecular flexibility index (Phi) is 2.38. The molecule has 2 aliphatic heterocycles. The van der Waals surface area contributed by atoms with Crippen LogP contribution in [0.15, 0.2) is 11.8 Å². The van der Waals surface area contributed by atoms with Gasteiger partial charge in [-0.1, -0.05) is 0 Å². The number of piperidine rings is 1. The molecule has 72 valence electrons. The third-order valence-corrected chi connectivity index (χ3v) is 3.09. The summed E-state index contributed by atoms with van der Waals surface area (Å²) in [7, 11) is 0. The Bertz CT molecular complexity index is 244. The van der Waals surface area contributed by atoms with E-state index in [0.29, 0.717) is 0 Å². The molecule has 2 heteroatoms. The van der Waals surface area contributed by atoms with Gasteiger partial charge in [0.25, 0.3) is 0 Å². The smallest absolute Gasteiger partial charge is 0.154 e. The molecule has 0 amide bonds. The van der Waals surface area contributed by atoms with Crippen LogP contribution in [0, 0.1) is 0 Å². The van der Waals surface area contributed by atoms with Crippen LogP contribution in [-0.2, 0) is 4.79 Å². The lowest BCUT2D eigenvalue weighted by molar-refractivity contribution is -0.112. The van der Waals surface area contributed by atoms with Crippen LogP contribution in [0.3, 0.4) is 0 Å². The van der Waals surface area contributed by atoms with Crippen molar-refractivity contribution in [2.24, 2.45) is 0 Å². The molecule has 0 radical (unpaired) electrons. The van der Waals surface area contributed by atoms with E-state index in [2.05, 4.69) is 4.90 Å². The largest absolute Gasteiger partial charge is 0.372 e. The van der Waals surface area contributed by atoms with Crippen LogP contribution in [0.2, 0.25) is 0 Å². The molecular formula is C11H17NO. The van der Waals surface area contributed by atoms with Crippen LogP contribution in [0.1, 0.15) is 39.0 Å². The van der Waals surface area contributed by atoms with E-state index in [0.717, 1.165) is 12.5 Å². The van der Waals surface area contributed by atoms with Gasteiger partial charge in [-0.25, -0.2) is 0 Å². The van der Waals surface area contributed by atoms with E-state index in [9.17, 15) is 4.79 Å². The summed E-state index contributed by atoms with van der Waals surface area (Å²) in [6.07, 6.45) is 8.16. The third-order valence-electron chi connectivity index (χ3n) is 3.09. The molecule has 0 aromatic carbocycles. The van der Waals surface area contributed by atoms with Gasteiger partial charge < -0.3 is 4.90 Å². The van der Waals surface area contributed by atoms with Crippen LogP contribution in [0.4, 0.5) is 0 Å². The first-order chi connectivity index (χ1) is 6.27. The number of nitrogens with zero attached hydrogens (tertiary/aromatic N) is 1. The molecule has 0 aromatic rings. The van der Waals surface area contributed by atoms with Crippen LogP contribution in [0.25, 0.3) is 0 Å². The highest BCUT2D eigenvalue weighted by Crippen LogP contribution is 2.32. The minimum absolute atomic E-state index is 0.197. The van der Waals surface area contributed by atoms with Gasteiger partial charge in [-0.15, -0.1) is 0 Å². The predicted molar refractivity (Wildman–Crippen MR) is 52.3 cm³/mol. The minimum Gasteiger partial charge on any atom is -0.372 e. The lowest BCUT2D eigenvalue weighted by atomic mass is 9.99. The summed E-state index contributed by atoms with van der Waals surface area (Å²) < 4.78 is 0. The highest BCUT2D eigenvalue weighted by Gasteiger charge is 2.29. The number of rotatable bonds is 1. The summed E-state index contributed by atoms with van der Waals surface area (Å²) in [5.74, 6) is 0.197. The van der Waals surface area contributed by atoms with E-state index in [1.165, 1.54) is 37.9 Å². The number of allylic oxidation sites excluding steroid dienone is 2. The summed E-state index contributed by atoms with van der Waals surface area (Å²) >= 11 is 0. The van der Waals surface area contributed by atoms with Crippen LogP contribution in [0.5, 0.6) is 0 Å². The van der Waals surface area contributed by atoms with E-state index in [1.54, 1.807) is 6.92 Å². The lowest BCUT2D eigenvalue weighted by Crippen LogP contribution is -2.32. The quantitative estimate of drug-likeness (QED) is 0.575. The van der Waals surface area contributed by atoms with Gasteiger partial charge in [-0.3, -0.25) is 4.79 Å². The van der Waals surface area contributed by atoms with Crippen molar-refractivity contribution in [3.63, 3.8) is 0 Å². The van der Waals surface area contributed by atoms with Gasteiger partial charge >= 0.3 is 0 Å². The highest BCUT2D eigenvalue weighted by molar-refractivity contribution is 5.87. The van der Waals surface area contributed by atoms with Gasteiger partial charge in [0.2, 0.25) is 0 Å². The molecule has 0 bridgehead atoms. The van der Waals surface area contributed by atoms with Crippen molar-refractivity contribution in [3.05, 3.63) is 11.8 Å². The topological polar surface area (TPSA) is 20.3 Å². The maximum absolute atomic E-state index is 11.0. The van der Waals surface area contributed by atoms with Crippen LogP contribution in [-0.4, -0.2) is 23.3 Å². The third kappa shape index (κ3) is 1.77. The van der Waals surface area contributed by atoms with Gasteiger partial charge in [0.15, 0.2) is 5.78 Å². The molecule has 2 rings (SSSR count). The maximum atomic E-state index is 11.0. The SMILES string of the molecule is CC(=O)/C=C1\CCCC2CCCN12. The normalized spacial score (nSPS) is 30.7. The fourth-order valence-corrected chi connectivity index (χ4v) is 2.57. The molecule has 0 N–H and O–H groups in total. The Hall–Kier alpha value is -0.790. The molecule has 2 nitrogen and oxygen atoms in total. The van der Waals surface area contributed by atoms with Crippen molar-refractivity contribution in [2.45, 2.75) is 45.1 Å². The molecule has 2 saturated heterocycles. The zero-order valence-electron chi connectivity index (χ0n) is 8.25. The minimum atomic E-state index is 0.197. The van der Waals surface area contributed by atoms with Gasteiger partial charge in [0.1, 0.15) is 0 Å². The molecule has 2 heterocycles. The average Bonchev–Trinajstić information content (AvgIpc) is 2.51. The van der Waals surface area contributed by atoms with Crippen molar-refractivity contribution in [1.29, 1.82) is 0 Å². The second-order valence-electron chi connectivity index (χ2n) is 4.13. The number of hydrogen-bond acceptors (Lipinski definition) is 2. The van der Waals surface area contributed by atoms with Gasteiger partial charge in [-0.05, 0) is 45.1 Å². The molecule has 1 unspecified atom stereocenters. The molecule has 13 heavy (non-hydrogen) atoms. The first-order valence-electron chi connectivity index (χ1n) is 5.25. The van der Waals surface area contributed by atoms with Crippen molar-refractivity contribution < 1.29 is 4.79 Å². The van der Waals surface area contributed by atoms with Gasteiger partial charge in [0, 0.05) is 18.3 Å². The van der Waals surface area contributed by atoms with Crippen LogP contribution >= 0.6 is 0 Å². The zero-order chi connectivity index (χ0) is 9.26. The van der Waals surface area contributed by atoms with Gasteiger partial charge in [-0.2, -0.15) is 0 Å². The molecule has 2 aliphatic rings. The van der Waals surface area contributed by atoms with E-state index in [4.69, 9.17) is 0 Å². The Morgan fingerprint density at radius 3 is 3.00 bits per heavy atom.